The number of hydrogen-bond acceptors (Lipinski definition) is 1. The van der Waals surface area contributed by atoms with Crippen molar-refractivity contribution < 1.29 is 0 Å². The predicted octanol–water partition coefficient (Wildman–Crippen LogP) is 5.15. The van der Waals surface area contributed by atoms with Gasteiger partial charge >= 0.3 is 0 Å². The van der Waals surface area contributed by atoms with E-state index in [0.29, 0.717) is 0 Å². The smallest absolute Gasteiger partial charge is 0.0590 e. The molecule has 0 aliphatic heterocycles. The molecule has 0 aromatic heterocycles. The summed E-state index contributed by atoms with van der Waals surface area (Å²) < 4.78 is 1.17. The monoisotopic (exact) mass is 331 g/mol. The summed E-state index contributed by atoms with van der Waals surface area (Å²) in [6, 6.07) is 15.4. The molecule has 0 spiro atoms. The maximum Gasteiger partial charge on any atom is 0.0590 e. The average molecular weight is 332 g/mol. The molecule has 0 aliphatic rings. The Labute approximate surface area is 130 Å². The molecule has 0 saturated carbocycles. The lowest BCUT2D eigenvalue weighted by Crippen LogP contribution is -2.24. The van der Waals surface area contributed by atoms with Crippen LogP contribution in [-0.2, 0) is 0 Å². The molecule has 0 saturated heterocycles. The van der Waals surface area contributed by atoms with E-state index in [2.05, 4.69) is 84.5 Å². The fourth-order valence-electron chi connectivity index (χ4n) is 2.47. The SMILES string of the molecule is CCCNC(c1ccccc1C)c1cc(C)ccc1Br. The number of aryl methyl sites for hydroxylation is 2. The summed E-state index contributed by atoms with van der Waals surface area (Å²) in [6.07, 6.45) is 1.13. The second kappa shape index (κ2) is 7.05. The van der Waals surface area contributed by atoms with Crippen molar-refractivity contribution >= 4 is 15.9 Å². The molecule has 2 aromatic carbocycles. The molecular weight excluding hydrogens is 310 g/mol. The van der Waals surface area contributed by atoms with Gasteiger partial charge in [0.25, 0.3) is 0 Å². The summed E-state index contributed by atoms with van der Waals surface area (Å²) in [5, 5.41) is 3.68. The highest BCUT2D eigenvalue weighted by molar-refractivity contribution is 9.10. The molecule has 0 bridgehead atoms. The summed E-state index contributed by atoms with van der Waals surface area (Å²) >= 11 is 3.70. The van der Waals surface area contributed by atoms with Gasteiger partial charge in [0, 0.05) is 4.47 Å². The van der Waals surface area contributed by atoms with Crippen molar-refractivity contribution in [3.05, 3.63) is 69.2 Å². The molecule has 0 fully saturated rings. The summed E-state index contributed by atoms with van der Waals surface area (Å²) in [5.41, 5.74) is 5.29. The molecule has 1 N–H and O–H groups in total. The van der Waals surface area contributed by atoms with Crippen molar-refractivity contribution in [2.24, 2.45) is 0 Å². The lowest BCUT2D eigenvalue weighted by atomic mass is 9.94. The van der Waals surface area contributed by atoms with Crippen molar-refractivity contribution in [2.45, 2.75) is 33.2 Å². The van der Waals surface area contributed by atoms with Crippen LogP contribution >= 0.6 is 15.9 Å². The second-order valence-corrected chi connectivity index (χ2v) is 6.12. The molecule has 0 amide bonds. The summed E-state index contributed by atoms with van der Waals surface area (Å²) in [5.74, 6) is 0. The van der Waals surface area contributed by atoms with E-state index in [1.54, 1.807) is 0 Å². The number of hydrogen-bond donors (Lipinski definition) is 1. The fraction of sp³-hybridized carbons (Fsp3) is 0.333. The molecule has 0 radical (unpaired) electrons. The Morgan fingerprint density at radius 1 is 1.05 bits per heavy atom. The molecule has 1 atom stereocenters. The molecule has 1 nitrogen and oxygen atoms in total. The van der Waals surface area contributed by atoms with Gasteiger partial charge in [-0.1, -0.05) is 64.8 Å². The standard InChI is InChI=1S/C18H22BrN/c1-4-11-20-18(15-8-6-5-7-14(15)3)16-12-13(2)9-10-17(16)19/h5-10,12,18,20H,4,11H2,1-3H3. The molecule has 0 heterocycles. The highest BCUT2D eigenvalue weighted by Crippen LogP contribution is 2.31. The highest BCUT2D eigenvalue weighted by atomic mass is 79.9. The Balaban J connectivity index is 2.47. The van der Waals surface area contributed by atoms with Crippen LogP contribution in [0.5, 0.6) is 0 Å². The van der Waals surface area contributed by atoms with Crippen LogP contribution in [-0.4, -0.2) is 6.54 Å². The van der Waals surface area contributed by atoms with E-state index in [4.69, 9.17) is 0 Å². The van der Waals surface area contributed by atoms with Crippen LogP contribution in [0.2, 0.25) is 0 Å². The van der Waals surface area contributed by atoms with Gasteiger partial charge in [0.05, 0.1) is 6.04 Å². The van der Waals surface area contributed by atoms with E-state index in [-0.39, 0.29) is 6.04 Å². The summed E-state index contributed by atoms with van der Waals surface area (Å²) in [4.78, 5) is 0. The number of benzene rings is 2. The molecule has 0 aliphatic carbocycles. The molecular formula is C18H22BrN. The first-order chi connectivity index (χ1) is 9.63. The number of nitrogens with one attached hydrogen (secondary N) is 1. The van der Waals surface area contributed by atoms with Gasteiger partial charge in [-0.25, -0.2) is 0 Å². The van der Waals surface area contributed by atoms with E-state index >= 15 is 0 Å². The average Bonchev–Trinajstić information content (AvgIpc) is 2.44. The van der Waals surface area contributed by atoms with Crippen molar-refractivity contribution in [3.63, 3.8) is 0 Å². The minimum absolute atomic E-state index is 0.241. The van der Waals surface area contributed by atoms with Gasteiger partial charge in [-0.3, -0.25) is 0 Å². The van der Waals surface area contributed by atoms with Gasteiger partial charge in [0.15, 0.2) is 0 Å². The van der Waals surface area contributed by atoms with Crippen molar-refractivity contribution in [1.82, 2.24) is 5.32 Å². The first-order valence-electron chi connectivity index (χ1n) is 7.18. The zero-order valence-electron chi connectivity index (χ0n) is 12.4. The van der Waals surface area contributed by atoms with Crippen LogP contribution in [0, 0.1) is 13.8 Å². The minimum atomic E-state index is 0.241. The van der Waals surface area contributed by atoms with E-state index in [1.165, 1.54) is 26.7 Å². The second-order valence-electron chi connectivity index (χ2n) is 5.27. The van der Waals surface area contributed by atoms with Gasteiger partial charge in [-0.2, -0.15) is 0 Å². The van der Waals surface area contributed by atoms with Crippen molar-refractivity contribution in [3.8, 4) is 0 Å². The van der Waals surface area contributed by atoms with Gasteiger partial charge in [0.2, 0.25) is 0 Å². The highest BCUT2D eigenvalue weighted by Gasteiger charge is 2.17. The first kappa shape index (κ1) is 15.3. The topological polar surface area (TPSA) is 12.0 Å². The quantitative estimate of drug-likeness (QED) is 0.798. The molecule has 2 rings (SSSR count). The van der Waals surface area contributed by atoms with Crippen LogP contribution in [0.3, 0.4) is 0 Å². The third-order valence-corrected chi connectivity index (χ3v) is 4.28. The first-order valence-corrected chi connectivity index (χ1v) is 7.97. The van der Waals surface area contributed by atoms with Crippen LogP contribution in [0.15, 0.2) is 46.9 Å². The van der Waals surface area contributed by atoms with Gasteiger partial charge < -0.3 is 5.32 Å². The molecule has 20 heavy (non-hydrogen) atoms. The third-order valence-electron chi connectivity index (χ3n) is 3.56. The normalized spacial score (nSPS) is 12.4. The number of halogens is 1. The molecule has 106 valence electrons. The van der Waals surface area contributed by atoms with Crippen LogP contribution < -0.4 is 5.32 Å². The zero-order chi connectivity index (χ0) is 14.5. The molecule has 2 aromatic rings. The molecule has 2 heteroatoms. The van der Waals surface area contributed by atoms with Gasteiger partial charge in [0.1, 0.15) is 0 Å². The zero-order valence-corrected chi connectivity index (χ0v) is 14.0. The summed E-state index contributed by atoms with van der Waals surface area (Å²) in [7, 11) is 0. The Hall–Kier alpha value is -1.12. The summed E-state index contributed by atoms with van der Waals surface area (Å²) in [6.45, 7) is 7.54. The van der Waals surface area contributed by atoms with Crippen LogP contribution in [0.4, 0.5) is 0 Å². The van der Waals surface area contributed by atoms with Crippen molar-refractivity contribution in [2.75, 3.05) is 6.54 Å². The van der Waals surface area contributed by atoms with E-state index < -0.39 is 0 Å². The fourth-order valence-corrected chi connectivity index (χ4v) is 2.95. The van der Waals surface area contributed by atoms with E-state index in [0.717, 1.165) is 13.0 Å². The van der Waals surface area contributed by atoms with Crippen LogP contribution in [0.25, 0.3) is 0 Å². The maximum absolute atomic E-state index is 3.70. The Morgan fingerprint density at radius 2 is 1.80 bits per heavy atom. The third kappa shape index (κ3) is 3.50. The van der Waals surface area contributed by atoms with Crippen LogP contribution in [0.1, 0.15) is 41.6 Å². The maximum atomic E-state index is 3.70. The predicted molar refractivity (Wildman–Crippen MR) is 90.2 cm³/mol. The van der Waals surface area contributed by atoms with Gasteiger partial charge in [-0.15, -0.1) is 0 Å². The molecule has 1 unspecified atom stereocenters. The van der Waals surface area contributed by atoms with E-state index in [1.807, 2.05) is 0 Å². The van der Waals surface area contributed by atoms with Crippen molar-refractivity contribution in [1.29, 1.82) is 0 Å². The largest absolute Gasteiger partial charge is 0.306 e. The Bertz CT molecular complexity index is 577. The minimum Gasteiger partial charge on any atom is -0.306 e. The Kier molecular flexibility index (Phi) is 5.38. The number of rotatable bonds is 5. The Morgan fingerprint density at radius 3 is 2.50 bits per heavy atom. The van der Waals surface area contributed by atoms with Gasteiger partial charge in [-0.05, 0) is 49.6 Å². The van der Waals surface area contributed by atoms with E-state index in [9.17, 15) is 0 Å². The lowest BCUT2D eigenvalue weighted by Gasteiger charge is -2.23. The lowest BCUT2D eigenvalue weighted by molar-refractivity contribution is 0.594.